The number of carbonyl (C=O) groups excluding carboxylic acids is 1. The largest absolute Gasteiger partial charge is 0.481 e. The van der Waals surface area contributed by atoms with Gasteiger partial charge in [-0.15, -0.1) is 0 Å². The maximum absolute atomic E-state index is 12.0. The molecule has 0 spiro atoms. The molecule has 1 rings (SSSR count). The van der Waals surface area contributed by atoms with Crippen molar-refractivity contribution in [2.75, 3.05) is 25.0 Å². The summed E-state index contributed by atoms with van der Waals surface area (Å²) in [5.41, 5.74) is 3.09. The van der Waals surface area contributed by atoms with Gasteiger partial charge in [0.25, 0.3) is 0 Å². The predicted molar refractivity (Wildman–Crippen MR) is 83.5 cm³/mol. The van der Waals surface area contributed by atoms with Crippen molar-refractivity contribution in [3.63, 3.8) is 0 Å². The SMILES string of the molecule is CCCN(CCC(=O)O)CC(=O)Nc1ccc(C)c(C)c1. The van der Waals surface area contributed by atoms with Crippen LogP contribution in [0.25, 0.3) is 0 Å². The van der Waals surface area contributed by atoms with Crippen molar-refractivity contribution in [2.24, 2.45) is 0 Å². The molecule has 0 aromatic heterocycles. The van der Waals surface area contributed by atoms with Crippen molar-refractivity contribution < 1.29 is 14.7 Å². The molecule has 0 aliphatic heterocycles. The number of aliphatic carboxylic acids is 1. The Morgan fingerprint density at radius 2 is 1.90 bits per heavy atom. The van der Waals surface area contributed by atoms with Crippen molar-refractivity contribution in [3.05, 3.63) is 29.3 Å². The number of amides is 1. The van der Waals surface area contributed by atoms with E-state index >= 15 is 0 Å². The molecule has 0 atom stereocenters. The van der Waals surface area contributed by atoms with Crippen molar-refractivity contribution in [3.8, 4) is 0 Å². The van der Waals surface area contributed by atoms with E-state index in [9.17, 15) is 9.59 Å². The molecule has 0 aliphatic carbocycles. The molecule has 1 aromatic rings. The van der Waals surface area contributed by atoms with Gasteiger partial charge in [-0.3, -0.25) is 14.5 Å². The Labute approximate surface area is 126 Å². The van der Waals surface area contributed by atoms with Gasteiger partial charge in [0.1, 0.15) is 0 Å². The fourth-order valence-corrected chi connectivity index (χ4v) is 2.06. The molecule has 0 radical (unpaired) electrons. The minimum absolute atomic E-state index is 0.0525. The van der Waals surface area contributed by atoms with Gasteiger partial charge in [0.15, 0.2) is 0 Å². The van der Waals surface area contributed by atoms with Crippen LogP contribution in [-0.4, -0.2) is 41.5 Å². The summed E-state index contributed by atoms with van der Waals surface area (Å²) < 4.78 is 0. The highest BCUT2D eigenvalue weighted by Gasteiger charge is 2.12. The molecular formula is C16H24N2O3. The zero-order chi connectivity index (χ0) is 15.8. The highest BCUT2D eigenvalue weighted by atomic mass is 16.4. The van der Waals surface area contributed by atoms with Crippen molar-refractivity contribution in [1.82, 2.24) is 4.90 Å². The lowest BCUT2D eigenvalue weighted by Gasteiger charge is -2.20. The van der Waals surface area contributed by atoms with Crippen LogP contribution in [0.2, 0.25) is 0 Å². The molecule has 0 unspecified atom stereocenters. The first-order chi connectivity index (χ1) is 9.92. The number of carboxylic acid groups (broad SMARTS) is 1. The number of benzene rings is 1. The van der Waals surface area contributed by atoms with Gasteiger partial charge in [0, 0.05) is 12.2 Å². The van der Waals surface area contributed by atoms with Crippen LogP contribution >= 0.6 is 0 Å². The second kappa shape index (κ2) is 8.42. The smallest absolute Gasteiger partial charge is 0.304 e. The lowest BCUT2D eigenvalue weighted by Crippen LogP contribution is -2.35. The molecule has 5 heteroatoms. The Balaban J connectivity index is 2.56. The first-order valence-corrected chi connectivity index (χ1v) is 7.23. The van der Waals surface area contributed by atoms with Crippen LogP contribution in [0.3, 0.4) is 0 Å². The topological polar surface area (TPSA) is 69.6 Å². The standard InChI is InChI=1S/C16H24N2O3/c1-4-8-18(9-7-16(20)21)11-15(19)17-14-6-5-12(2)13(3)10-14/h5-6,10H,4,7-9,11H2,1-3H3,(H,17,19)(H,20,21). The average Bonchev–Trinajstić information content (AvgIpc) is 2.40. The number of rotatable bonds is 8. The lowest BCUT2D eigenvalue weighted by molar-refractivity contribution is -0.137. The molecule has 0 saturated carbocycles. The first-order valence-electron chi connectivity index (χ1n) is 7.23. The van der Waals surface area contributed by atoms with E-state index in [2.05, 4.69) is 5.32 Å². The van der Waals surface area contributed by atoms with Crippen LogP contribution in [0, 0.1) is 13.8 Å². The second-order valence-electron chi connectivity index (χ2n) is 5.27. The van der Waals surface area contributed by atoms with Gasteiger partial charge in [-0.2, -0.15) is 0 Å². The quantitative estimate of drug-likeness (QED) is 0.772. The zero-order valence-corrected chi connectivity index (χ0v) is 13.0. The van der Waals surface area contributed by atoms with Crippen molar-refractivity contribution in [2.45, 2.75) is 33.6 Å². The van der Waals surface area contributed by atoms with E-state index in [-0.39, 0.29) is 18.9 Å². The van der Waals surface area contributed by atoms with E-state index in [1.54, 1.807) is 0 Å². The van der Waals surface area contributed by atoms with Gasteiger partial charge >= 0.3 is 5.97 Å². The Morgan fingerprint density at radius 3 is 2.48 bits per heavy atom. The van der Waals surface area contributed by atoms with Crippen LogP contribution in [-0.2, 0) is 9.59 Å². The Hall–Kier alpha value is -1.88. The molecule has 0 heterocycles. The summed E-state index contributed by atoms with van der Waals surface area (Å²) in [7, 11) is 0. The monoisotopic (exact) mass is 292 g/mol. The molecule has 2 N–H and O–H groups in total. The number of carbonyl (C=O) groups is 2. The van der Waals surface area contributed by atoms with E-state index in [4.69, 9.17) is 5.11 Å². The van der Waals surface area contributed by atoms with Crippen LogP contribution in [0.1, 0.15) is 30.9 Å². The van der Waals surface area contributed by atoms with Gasteiger partial charge in [-0.1, -0.05) is 13.0 Å². The molecule has 1 amide bonds. The van der Waals surface area contributed by atoms with Crippen LogP contribution in [0.5, 0.6) is 0 Å². The third-order valence-corrected chi connectivity index (χ3v) is 3.34. The fraction of sp³-hybridized carbons (Fsp3) is 0.500. The zero-order valence-electron chi connectivity index (χ0n) is 13.0. The van der Waals surface area contributed by atoms with E-state index in [1.165, 1.54) is 5.56 Å². The minimum atomic E-state index is -0.842. The molecule has 5 nitrogen and oxygen atoms in total. The summed E-state index contributed by atoms with van der Waals surface area (Å²) >= 11 is 0. The van der Waals surface area contributed by atoms with E-state index in [0.717, 1.165) is 17.7 Å². The number of aryl methyl sites for hydroxylation is 2. The maximum atomic E-state index is 12.0. The summed E-state index contributed by atoms with van der Waals surface area (Å²) in [6, 6.07) is 5.79. The van der Waals surface area contributed by atoms with Crippen LogP contribution < -0.4 is 5.32 Å². The summed E-state index contributed by atoms with van der Waals surface area (Å²) in [6.07, 6.45) is 0.938. The lowest BCUT2D eigenvalue weighted by atomic mass is 10.1. The summed E-state index contributed by atoms with van der Waals surface area (Å²) in [6.45, 7) is 7.36. The Kier molecular flexibility index (Phi) is 6.88. The molecule has 0 bridgehead atoms. The van der Waals surface area contributed by atoms with Crippen molar-refractivity contribution >= 4 is 17.6 Å². The number of hydrogen-bond donors (Lipinski definition) is 2. The number of anilines is 1. The van der Waals surface area contributed by atoms with E-state index in [1.807, 2.05) is 43.9 Å². The number of hydrogen-bond acceptors (Lipinski definition) is 3. The summed E-state index contributed by atoms with van der Waals surface area (Å²) in [5, 5.41) is 11.6. The predicted octanol–water partition coefficient (Wildman–Crippen LogP) is 2.43. The summed E-state index contributed by atoms with van der Waals surface area (Å²) in [5.74, 6) is -0.956. The van der Waals surface area contributed by atoms with Crippen molar-refractivity contribution in [1.29, 1.82) is 0 Å². The van der Waals surface area contributed by atoms with E-state index in [0.29, 0.717) is 13.1 Å². The van der Waals surface area contributed by atoms with Crippen LogP contribution in [0.15, 0.2) is 18.2 Å². The van der Waals surface area contributed by atoms with Gasteiger partial charge in [-0.25, -0.2) is 0 Å². The molecular weight excluding hydrogens is 268 g/mol. The Morgan fingerprint density at radius 1 is 1.19 bits per heavy atom. The third-order valence-electron chi connectivity index (χ3n) is 3.34. The fourth-order valence-electron chi connectivity index (χ4n) is 2.06. The molecule has 116 valence electrons. The molecule has 1 aromatic carbocycles. The minimum Gasteiger partial charge on any atom is -0.481 e. The van der Waals surface area contributed by atoms with Gasteiger partial charge < -0.3 is 10.4 Å². The van der Waals surface area contributed by atoms with E-state index < -0.39 is 5.97 Å². The maximum Gasteiger partial charge on any atom is 0.304 e. The normalized spacial score (nSPS) is 10.7. The number of nitrogens with one attached hydrogen (secondary N) is 1. The highest BCUT2D eigenvalue weighted by molar-refractivity contribution is 5.92. The molecule has 0 fully saturated rings. The summed E-state index contributed by atoms with van der Waals surface area (Å²) in [4.78, 5) is 24.5. The van der Waals surface area contributed by atoms with Gasteiger partial charge in [-0.05, 0) is 50.1 Å². The van der Waals surface area contributed by atoms with Gasteiger partial charge in [0.05, 0.1) is 13.0 Å². The molecule has 0 saturated heterocycles. The highest BCUT2D eigenvalue weighted by Crippen LogP contribution is 2.14. The number of nitrogens with zero attached hydrogens (tertiary/aromatic N) is 1. The second-order valence-corrected chi connectivity index (χ2v) is 5.27. The third kappa shape index (κ3) is 6.40. The van der Waals surface area contributed by atoms with Gasteiger partial charge in [0.2, 0.25) is 5.91 Å². The number of carboxylic acids is 1. The molecule has 0 aliphatic rings. The first kappa shape index (κ1) is 17.2. The van der Waals surface area contributed by atoms with Crippen LogP contribution in [0.4, 0.5) is 5.69 Å². The molecule has 21 heavy (non-hydrogen) atoms. The average molecular weight is 292 g/mol. The Bertz CT molecular complexity index is 500.